The van der Waals surface area contributed by atoms with Crippen LogP contribution in [0.25, 0.3) is 0 Å². The lowest BCUT2D eigenvalue weighted by Gasteiger charge is -2.33. The van der Waals surface area contributed by atoms with Gasteiger partial charge >= 0.3 is 12.0 Å². The number of ether oxygens (including phenoxy) is 1. The largest absolute Gasteiger partial charge is 0.454 e. The Morgan fingerprint density at radius 2 is 2.04 bits per heavy atom. The molecule has 1 aromatic carbocycles. The number of imide groups is 1. The van der Waals surface area contributed by atoms with E-state index in [0.717, 1.165) is 17.7 Å². The molecule has 28 heavy (non-hydrogen) atoms. The number of amides is 4. The minimum atomic E-state index is -0.909. The van der Waals surface area contributed by atoms with Gasteiger partial charge in [0.15, 0.2) is 6.61 Å². The number of nitrogens with one attached hydrogen (secondary N) is 2. The summed E-state index contributed by atoms with van der Waals surface area (Å²) >= 11 is 5.84. The van der Waals surface area contributed by atoms with Crippen LogP contribution in [0, 0.1) is 5.92 Å². The zero-order valence-electron chi connectivity index (χ0n) is 15.5. The molecule has 1 saturated heterocycles. The molecule has 0 radical (unpaired) electrons. The summed E-state index contributed by atoms with van der Waals surface area (Å²) in [7, 11) is 0. The van der Waals surface area contributed by atoms with Gasteiger partial charge in [-0.05, 0) is 49.8 Å². The molecule has 1 aliphatic heterocycles. The van der Waals surface area contributed by atoms with Crippen LogP contribution in [0.4, 0.5) is 10.5 Å². The summed E-state index contributed by atoms with van der Waals surface area (Å²) in [6, 6.07) is 5.93. The standard InChI is InChI=1S/C19H22ClN3O5/c1-12-5-7-19(8-6-12)17(26)23(18(27)22-19)10-16(25)28-11-15(24)21-14-4-2-3-13(20)9-14/h2-4,9,12H,5-8,10-11H2,1H3,(H,21,24)(H,22,27). The van der Waals surface area contributed by atoms with Crippen molar-refractivity contribution in [3.05, 3.63) is 29.3 Å². The zero-order chi connectivity index (χ0) is 20.3. The van der Waals surface area contributed by atoms with Gasteiger partial charge in [0.05, 0.1) is 0 Å². The number of carbonyl (C=O) groups is 4. The predicted octanol–water partition coefficient (Wildman–Crippen LogP) is 2.32. The molecular weight excluding hydrogens is 386 g/mol. The Labute approximate surface area is 167 Å². The average Bonchev–Trinajstić information content (AvgIpc) is 2.87. The van der Waals surface area contributed by atoms with Crippen LogP contribution in [0.15, 0.2) is 24.3 Å². The lowest BCUT2D eigenvalue weighted by atomic mass is 9.77. The second-order valence-corrected chi connectivity index (χ2v) is 7.74. The third kappa shape index (κ3) is 4.44. The molecule has 0 aromatic heterocycles. The molecule has 4 amide bonds. The molecule has 1 spiro atoms. The molecule has 1 heterocycles. The van der Waals surface area contributed by atoms with Gasteiger partial charge < -0.3 is 15.4 Å². The second kappa shape index (κ2) is 8.18. The van der Waals surface area contributed by atoms with E-state index >= 15 is 0 Å². The van der Waals surface area contributed by atoms with Gasteiger partial charge in [-0.1, -0.05) is 24.6 Å². The van der Waals surface area contributed by atoms with Crippen LogP contribution in [0.3, 0.4) is 0 Å². The zero-order valence-corrected chi connectivity index (χ0v) is 16.3. The lowest BCUT2D eigenvalue weighted by Crippen LogP contribution is -2.49. The number of benzene rings is 1. The average molecular weight is 408 g/mol. The highest BCUT2D eigenvalue weighted by atomic mass is 35.5. The number of halogens is 1. The number of urea groups is 1. The molecular formula is C19H22ClN3O5. The van der Waals surface area contributed by atoms with Crippen molar-refractivity contribution >= 4 is 41.1 Å². The molecule has 1 aromatic rings. The van der Waals surface area contributed by atoms with Gasteiger partial charge in [-0.15, -0.1) is 0 Å². The number of nitrogens with zero attached hydrogens (tertiary/aromatic N) is 1. The summed E-state index contributed by atoms with van der Waals surface area (Å²) in [6.07, 6.45) is 2.81. The molecule has 0 bridgehead atoms. The first-order valence-corrected chi connectivity index (χ1v) is 9.52. The lowest BCUT2D eigenvalue weighted by molar-refractivity contribution is -0.150. The number of hydrogen-bond acceptors (Lipinski definition) is 5. The highest BCUT2D eigenvalue weighted by molar-refractivity contribution is 6.30. The van der Waals surface area contributed by atoms with Gasteiger partial charge in [0.2, 0.25) is 0 Å². The summed E-state index contributed by atoms with van der Waals surface area (Å²) in [5.74, 6) is -1.27. The van der Waals surface area contributed by atoms with Crippen LogP contribution in [0.2, 0.25) is 5.02 Å². The SMILES string of the molecule is CC1CCC2(CC1)NC(=O)N(CC(=O)OCC(=O)Nc1cccc(Cl)c1)C2=O. The van der Waals surface area contributed by atoms with E-state index in [-0.39, 0.29) is 0 Å². The van der Waals surface area contributed by atoms with Crippen molar-refractivity contribution in [3.8, 4) is 0 Å². The molecule has 2 N–H and O–H groups in total. The second-order valence-electron chi connectivity index (χ2n) is 7.31. The Kier molecular flexibility index (Phi) is 5.88. The van der Waals surface area contributed by atoms with E-state index in [1.807, 2.05) is 0 Å². The van der Waals surface area contributed by atoms with Crippen LogP contribution in [-0.4, -0.2) is 47.4 Å². The molecule has 1 saturated carbocycles. The fourth-order valence-corrected chi connectivity index (χ4v) is 3.69. The van der Waals surface area contributed by atoms with Crippen molar-refractivity contribution in [1.82, 2.24) is 10.2 Å². The third-order valence-corrected chi connectivity index (χ3v) is 5.37. The Balaban J connectivity index is 1.50. The minimum Gasteiger partial charge on any atom is -0.454 e. The van der Waals surface area contributed by atoms with Crippen LogP contribution >= 0.6 is 11.6 Å². The van der Waals surface area contributed by atoms with E-state index in [1.165, 1.54) is 0 Å². The Morgan fingerprint density at radius 1 is 1.32 bits per heavy atom. The molecule has 150 valence electrons. The smallest absolute Gasteiger partial charge is 0.326 e. The molecule has 0 atom stereocenters. The first kappa shape index (κ1) is 20.1. The first-order chi connectivity index (χ1) is 13.3. The van der Waals surface area contributed by atoms with E-state index in [9.17, 15) is 19.2 Å². The topological polar surface area (TPSA) is 105 Å². The van der Waals surface area contributed by atoms with Gasteiger partial charge in [0, 0.05) is 10.7 Å². The summed E-state index contributed by atoms with van der Waals surface area (Å²) in [5.41, 5.74) is -0.440. The quantitative estimate of drug-likeness (QED) is 0.575. The maximum atomic E-state index is 12.7. The fourth-order valence-electron chi connectivity index (χ4n) is 3.50. The molecule has 3 rings (SSSR count). The summed E-state index contributed by atoms with van der Waals surface area (Å²) in [4.78, 5) is 49.6. The van der Waals surface area contributed by atoms with Gasteiger partial charge in [0.25, 0.3) is 11.8 Å². The van der Waals surface area contributed by atoms with Crippen molar-refractivity contribution < 1.29 is 23.9 Å². The van der Waals surface area contributed by atoms with Gasteiger partial charge in [-0.2, -0.15) is 0 Å². The third-order valence-electron chi connectivity index (χ3n) is 5.13. The van der Waals surface area contributed by atoms with Gasteiger partial charge in [-0.3, -0.25) is 19.3 Å². The summed E-state index contributed by atoms with van der Waals surface area (Å²) < 4.78 is 4.90. The molecule has 9 heteroatoms. The number of esters is 1. The van der Waals surface area contributed by atoms with E-state index in [0.29, 0.717) is 29.5 Å². The maximum absolute atomic E-state index is 12.7. The van der Waals surface area contributed by atoms with Crippen LogP contribution in [0.5, 0.6) is 0 Å². The molecule has 2 aliphatic rings. The highest BCUT2D eigenvalue weighted by Gasteiger charge is 2.52. The van der Waals surface area contributed by atoms with Crippen LogP contribution in [-0.2, 0) is 19.1 Å². The monoisotopic (exact) mass is 407 g/mol. The molecule has 1 aliphatic carbocycles. The van der Waals surface area contributed by atoms with Crippen molar-refractivity contribution in [2.24, 2.45) is 5.92 Å². The van der Waals surface area contributed by atoms with Crippen molar-refractivity contribution in [3.63, 3.8) is 0 Å². The maximum Gasteiger partial charge on any atom is 0.326 e. The van der Waals surface area contributed by atoms with Crippen molar-refractivity contribution in [1.29, 1.82) is 0 Å². The Hall–Kier alpha value is -2.61. The number of carbonyl (C=O) groups excluding carboxylic acids is 4. The highest BCUT2D eigenvalue weighted by Crippen LogP contribution is 2.36. The van der Waals surface area contributed by atoms with Gasteiger partial charge in [0.1, 0.15) is 12.1 Å². The normalized spacial score (nSPS) is 24.2. The number of hydrogen-bond donors (Lipinski definition) is 2. The van der Waals surface area contributed by atoms with Crippen LogP contribution < -0.4 is 10.6 Å². The Bertz CT molecular complexity index is 805. The van der Waals surface area contributed by atoms with E-state index in [2.05, 4.69) is 17.6 Å². The summed E-state index contributed by atoms with van der Waals surface area (Å²) in [5, 5.41) is 5.73. The van der Waals surface area contributed by atoms with E-state index < -0.39 is 42.5 Å². The van der Waals surface area contributed by atoms with Crippen LogP contribution in [0.1, 0.15) is 32.6 Å². The number of anilines is 1. The van der Waals surface area contributed by atoms with E-state index in [4.69, 9.17) is 16.3 Å². The predicted molar refractivity (Wildman–Crippen MR) is 102 cm³/mol. The molecule has 0 unspecified atom stereocenters. The van der Waals surface area contributed by atoms with Crippen molar-refractivity contribution in [2.45, 2.75) is 38.1 Å². The molecule has 8 nitrogen and oxygen atoms in total. The Morgan fingerprint density at radius 3 is 2.71 bits per heavy atom. The van der Waals surface area contributed by atoms with E-state index in [1.54, 1.807) is 24.3 Å². The number of rotatable bonds is 5. The molecule has 2 fully saturated rings. The minimum absolute atomic E-state index is 0.398. The summed E-state index contributed by atoms with van der Waals surface area (Å²) in [6.45, 7) is 1.06. The first-order valence-electron chi connectivity index (χ1n) is 9.14. The van der Waals surface area contributed by atoms with Gasteiger partial charge in [-0.25, -0.2) is 4.79 Å². The fraction of sp³-hybridized carbons (Fsp3) is 0.474. The van der Waals surface area contributed by atoms with Crippen molar-refractivity contribution in [2.75, 3.05) is 18.5 Å².